The molecule has 1 heterocycles. The zero-order chi connectivity index (χ0) is 13.8. The molecule has 2 aromatic rings. The summed E-state index contributed by atoms with van der Waals surface area (Å²) < 4.78 is 27.5. The van der Waals surface area contributed by atoms with E-state index in [1.54, 1.807) is 18.5 Å². The van der Waals surface area contributed by atoms with E-state index in [0.29, 0.717) is 12.0 Å². The van der Waals surface area contributed by atoms with E-state index in [4.69, 9.17) is 5.73 Å². The topological polar surface area (TPSA) is 38.9 Å². The fraction of sp³-hybridized carbons (Fsp3) is 0.214. The van der Waals surface area contributed by atoms with Crippen LogP contribution in [0.2, 0.25) is 0 Å². The number of benzene rings is 1. The molecule has 2 rings (SSSR count). The van der Waals surface area contributed by atoms with Gasteiger partial charge in [0.2, 0.25) is 0 Å². The summed E-state index contributed by atoms with van der Waals surface area (Å²) in [6.45, 7) is 0. The van der Waals surface area contributed by atoms with Gasteiger partial charge in [0.15, 0.2) is 11.6 Å². The Morgan fingerprint density at radius 1 is 1.21 bits per heavy atom. The fourth-order valence-corrected chi connectivity index (χ4v) is 2.34. The third kappa shape index (κ3) is 3.81. The smallest absolute Gasteiger partial charge is 0.162 e. The summed E-state index contributed by atoms with van der Waals surface area (Å²) in [7, 11) is 0. The molecule has 1 aromatic carbocycles. The van der Waals surface area contributed by atoms with Crippen LogP contribution in [0.15, 0.2) is 41.1 Å². The van der Waals surface area contributed by atoms with Crippen LogP contribution in [-0.4, -0.2) is 11.0 Å². The van der Waals surface area contributed by atoms with Crippen molar-refractivity contribution in [3.8, 4) is 0 Å². The van der Waals surface area contributed by atoms with Crippen molar-refractivity contribution in [3.05, 3.63) is 63.9 Å². The lowest BCUT2D eigenvalue weighted by Crippen LogP contribution is -2.26. The molecule has 2 nitrogen and oxygen atoms in total. The zero-order valence-corrected chi connectivity index (χ0v) is 11.7. The van der Waals surface area contributed by atoms with Gasteiger partial charge in [-0.2, -0.15) is 0 Å². The Kier molecular flexibility index (Phi) is 4.61. The zero-order valence-electron chi connectivity index (χ0n) is 10.1. The number of nitrogens with two attached hydrogens (primary N) is 1. The lowest BCUT2D eigenvalue weighted by atomic mass is 10.0. The van der Waals surface area contributed by atoms with Gasteiger partial charge < -0.3 is 5.73 Å². The number of rotatable bonds is 4. The fourth-order valence-electron chi connectivity index (χ4n) is 1.93. The molecule has 2 N–H and O–H groups in total. The molecule has 5 heteroatoms. The number of aromatic nitrogens is 1. The standard InChI is InChI=1S/C14H13BrF2N2/c15-11-4-9(7-19-8-11)5-12(18)6-10-2-1-3-13(16)14(10)17/h1-4,7-8,12H,5-6,18H2. The normalized spacial score (nSPS) is 12.4. The summed E-state index contributed by atoms with van der Waals surface area (Å²) in [5.74, 6) is -1.65. The van der Waals surface area contributed by atoms with E-state index in [0.717, 1.165) is 16.1 Å². The quantitative estimate of drug-likeness (QED) is 0.936. The first-order valence-electron chi connectivity index (χ1n) is 5.84. The number of nitrogens with zero attached hydrogens (tertiary/aromatic N) is 1. The highest BCUT2D eigenvalue weighted by Gasteiger charge is 2.12. The molecular formula is C14H13BrF2N2. The minimum Gasteiger partial charge on any atom is -0.327 e. The van der Waals surface area contributed by atoms with E-state index in [-0.39, 0.29) is 12.5 Å². The molecular weight excluding hydrogens is 314 g/mol. The molecule has 1 unspecified atom stereocenters. The van der Waals surface area contributed by atoms with Crippen LogP contribution in [0.4, 0.5) is 8.78 Å². The van der Waals surface area contributed by atoms with Crippen LogP contribution in [0.1, 0.15) is 11.1 Å². The Morgan fingerprint density at radius 3 is 2.74 bits per heavy atom. The van der Waals surface area contributed by atoms with E-state index in [1.807, 2.05) is 6.07 Å². The van der Waals surface area contributed by atoms with Gasteiger partial charge in [0, 0.05) is 22.9 Å². The van der Waals surface area contributed by atoms with Gasteiger partial charge in [-0.1, -0.05) is 12.1 Å². The van der Waals surface area contributed by atoms with Crippen LogP contribution >= 0.6 is 15.9 Å². The molecule has 1 atom stereocenters. The molecule has 0 aliphatic carbocycles. The first-order valence-corrected chi connectivity index (χ1v) is 6.63. The van der Waals surface area contributed by atoms with Crippen molar-refractivity contribution in [2.24, 2.45) is 5.73 Å². The van der Waals surface area contributed by atoms with Crippen LogP contribution < -0.4 is 5.73 Å². The van der Waals surface area contributed by atoms with Crippen molar-refractivity contribution in [2.45, 2.75) is 18.9 Å². The summed E-state index contributed by atoms with van der Waals surface area (Å²) >= 11 is 3.33. The molecule has 0 radical (unpaired) electrons. The minimum absolute atomic E-state index is 0.285. The molecule has 0 saturated carbocycles. The van der Waals surface area contributed by atoms with Gasteiger partial charge >= 0.3 is 0 Å². The highest BCUT2D eigenvalue weighted by Crippen LogP contribution is 2.15. The highest BCUT2D eigenvalue weighted by atomic mass is 79.9. The van der Waals surface area contributed by atoms with Crippen molar-refractivity contribution in [3.63, 3.8) is 0 Å². The maximum atomic E-state index is 13.5. The van der Waals surface area contributed by atoms with Crippen LogP contribution in [0.3, 0.4) is 0 Å². The highest BCUT2D eigenvalue weighted by molar-refractivity contribution is 9.10. The maximum absolute atomic E-state index is 13.5. The molecule has 0 aliphatic rings. The number of hydrogen-bond donors (Lipinski definition) is 1. The Bertz CT molecular complexity index is 575. The third-order valence-electron chi connectivity index (χ3n) is 2.77. The maximum Gasteiger partial charge on any atom is 0.162 e. The lowest BCUT2D eigenvalue weighted by molar-refractivity contribution is 0.492. The first-order chi connectivity index (χ1) is 9.06. The van der Waals surface area contributed by atoms with E-state index >= 15 is 0 Å². The van der Waals surface area contributed by atoms with Crippen molar-refractivity contribution in [1.29, 1.82) is 0 Å². The Balaban J connectivity index is 2.05. The molecule has 0 saturated heterocycles. The predicted molar refractivity (Wildman–Crippen MR) is 73.7 cm³/mol. The molecule has 0 aliphatic heterocycles. The van der Waals surface area contributed by atoms with Gasteiger partial charge in [-0.3, -0.25) is 4.98 Å². The summed E-state index contributed by atoms with van der Waals surface area (Å²) in [5.41, 5.74) is 7.23. The van der Waals surface area contributed by atoms with Gasteiger partial charge in [0.25, 0.3) is 0 Å². The van der Waals surface area contributed by atoms with Gasteiger partial charge in [-0.25, -0.2) is 8.78 Å². The van der Waals surface area contributed by atoms with E-state index in [9.17, 15) is 8.78 Å². The summed E-state index contributed by atoms with van der Waals surface area (Å²) in [5, 5.41) is 0. The largest absolute Gasteiger partial charge is 0.327 e. The Hall–Kier alpha value is -1.33. The summed E-state index contributed by atoms with van der Waals surface area (Å²) in [6, 6.07) is 5.77. The predicted octanol–water partition coefficient (Wildman–Crippen LogP) is 3.23. The van der Waals surface area contributed by atoms with Crippen molar-refractivity contribution < 1.29 is 8.78 Å². The van der Waals surface area contributed by atoms with Gasteiger partial charge in [-0.15, -0.1) is 0 Å². The van der Waals surface area contributed by atoms with Gasteiger partial charge in [0.05, 0.1) is 0 Å². The second kappa shape index (κ2) is 6.21. The van der Waals surface area contributed by atoms with E-state index < -0.39 is 11.6 Å². The monoisotopic (exact) mass is 326 g/mol. The first kappa shape index (κ1) is 14.1. The van der Waals surface area contributed by atoms with Crippen molar-refractivity contribution >= 4 is 15.9 Å². The second-order valence-corrected chi connectivity index (χ2v) is 5.31. The molecule has 1 aromatic heterocycles. The molecule has 0 spiro atoms. The Morgan fingerprint density at radius 2 is 2.00 bits per heavy atom. The molecule has 0 fully saturated rings. The van der Waals surface area contributed by atoms with Gasteiger partial charge in [0.1, 0.15) is 0 Å². The average Bonchev–Trinajstić information content (AvgIpc) is 2.35. The molecule has 0 bridgehead atoms. The number of halogens is 3. The van der Waals surface area contributed by atoms with Crippen molar-refractivity contribution in [2.75, 3.05) is 0 Å². The third-order valence-corrected chi connectivity index (χ3v) is 3.21. The second-order valence-electron chi connectivity index (χ2n) is 4.39. The van der Waals surface area contributed by atoms with Crippen LogP contribution in [0, 0.1) is 11.6 Å². The SMILES string of the molecule is NC(Cc1cncc(Br)c1)Cc1cccc(F)c1F. The van der Waals surface area contributed by atoms with Crippen LogP contribution in [-0.2, 0) is 12.8 Å². The lowest BCUT2D eigenvalue weighted by Gasteiger charge is -2.12. The van der Waals surface area contributed by atoms with E-state index in [2.05, 4.69) is 20.9 Å². The summed E-state index contributed by atoms with van der Waals surface area (Å²) in [6.07, 6.45) is 4.24. The Labute approximate surface area is 118 Å². The van der Waals surface area contributed by atoms with Gasteiger partial charge in [-0.05, 0) is 52.0 Å². The molecule has 0 amide bonds. The average molecular weight is 327 g/mol. The van der Waals surface area contributed by atoms with E-state index in [1.165, 1.54) is 6.07 Å². The number of pyridine rings is 1. The summed E-state index contributed by atoms with van der Waals surface area (Å²) in [4.78, 5) is 4.04. The molecule has 19 heavy (non-hydrogen) atoms. The van der Waals surface area contributed by atoms with Crippen LogP contribution in [0.25, 0.3) is 0 Å². The van der Waals surface area contributed by atoms with Crippen molar-refractivity contribution in [1.82, 2.24) is 4.98 Å². The van der Waals surface area contributed by atoms with Crippen LogP contribution in [0.5, 0.6) is 0 Å². The minimum atomic E-state index is -0.839. The number of hydrogen-bond acceptors (Lipinski definition) is 2. The molecule has 100 valence electrons.